The number of rotatable bonds is 8. The average Bonchev–Trinajstić information content (AvgIpc) is 3.66. The maximum atomic E-state index is 2.44. The van der Waals surface area contributed by atoms with E-state index in [0.29, 0.717) is 0 Å². The van der Waals surface area contributed by atoms with Crippen molar-refractivity contribution in [3.05, 3.63) is 243 Å². The molecule has 2 nitrogen and oxygen atoms in total. The Balaban J connectivity index is 0.940. The summed E-state index contributed by atoms with van der Waals surface area (Å²) in [6.07, 6.45) is 0. The van der Waals surface area contributed by atoms with Crippen LogP contribution in [-0.4, -0.2) is 4.57 Å². The van der Waals surface area contributed by atoms with Gasteiger partial charge in [-0.2, -0.15) is 0 Å². The second-order valence-corrected chi connectivity index (χ2v) is 15.3. The summed E-state index contributed by atoms with van der Waals surface area (Å²) in [6.45, 7) is 0. The molecule has 0 N–H and O–H groups in total. The van der Waals surface area contributed by atoms with Gasteiger partial charge < -0.3 is 9.47 Å². The van der Waals surface area contributed by atoms with Crippen LogP contribution in [0.5, 0.6) is 0 Å². The van der Waals surface area contributed by atoms with E-state index in [-0.39, 0.29) is 0 Å². The van der Waals surface area contributed by atoms with E-state index < -0.39 is 0 Å². The van der Waals surface area contributed by atoms with Crippen LogP contribution < -0.4 is 4.90 Å². The summed E-state index contributed by atoms with van der Waals surface area (Å²) in [5, 5.41) is 5.03. The lowest BCUT2D eigenvalue weighted by atomic mass is 9.96. The maximum absolute atomic E-state index is 2.44. The van der Waals surface area contributed by atoms with E-state index in [2.05, 4.69) is 252 Å². The van der Waals surface area contributed by atoms with Crippen molar-refractivity contribution in [3.8, 4) is 50.2 Å². The summed E-state index contributed by atoms with van der Waals surface area (Å²) in [5.41, 5.74) is 16.5. The number of para-hydroxylation sites is 3. The predicted octanol–water partition coefficient (Wildman–Crippen LogP) is 16.1. The first-order chi connectivity index (χ1) is 29.8. The van der Waals surface area contributed by atoms with Gasteiger partial charge in [-0.3, -0.25) is 0 Å². The molecule has 60 heavy (non-hydrogen) atoms. The Morgan fingerprint density at radius 1 is 0.267 bits per heavy atom. The molecule has 0 saturated carbocycles. The van der Waals surface area contributed by atoms with Crippen LogP contribution in [0.3, 0.4) is 0 Å². The van der Waals surface area contributed by atoms with Gasteiger partial charge in [-0.05, 0) is 104 Å². The summed E-state index contributed by atoms with van der Waals surface area (Å²) in [4.78, 5) is 2.33. The van der Waals surface area contributed by atoms with Crippen LogP contribution in [0, 0.1) is 0 Å². The van der Waals surface area contributed by atoms with Crippen molar-refractivity contribution in [3.63, 3.8) is 0 Å². The number of fused-ring (bicyclic) bond motifs is 4. The highest BCUT2D eigenvalue weighted by Crippen LogP contribution is 2.40. The van der Waals surface area contributed by atoms with Crippen molar-refractivity contribution in [2.45, 2.75) is 0 Å². The molecule has 0 saturated heterocycles. The third-order valence-electron chi connectivity index (χ3n) is 11.8. The molecule has 11 rings (SSSR count). The van der Waals surface area contributed by atoms with Gasteiger partial charge in [0, 0.05) is 33.4 Å². The molecule has 0 aliphatic carbocycles. The minimum atomic E-state index is 1.10. The van der Waals surface area contributed by atoms with Crippen molar-refractivity contribution in [1.82, 2.24) is 4.57 Å². The molecule has 0 aliphatic heterocycles. The maximum Gasteiger partial charge on any atom is 0.0547 e. The standard InChI is InChI=1S/C58H40N2/c1-3-14-41(15-4-1)47-34-39-55-54-22-10-12-25-57(54)60(58(55)40-47)56-24-11-9-21-53(56)46-32-37-50(38-33-46)59(48-18-5-2-6-19-48)49-35-30-43(31-36-49)42-26-28-45(29-27-42)52-23-13-17-44-16-7-8-20-51(44)52/h1-40H. The number of anilines is 3. The SMILES string of the molecule is c1ccc(-c2ccc3c4ccccc4n(-c4ccccc4-c4ccc(N(c5ccccc5)c5ccc(-c6ccc(-c7cccc8ccccc78)cc6)cc5)cc4)c3c2)cc1. The Kier molecular flexibility index (Phi) is 8.87. The van der Waals surface area contributed by atoms with Gasteiger partial charge in [0.05, 0.1) is 16.7 Å². The van der Waals surface area contributed by atoms with E-state index in [0.717, 1.165) is 28.3 Å². The topological polar surface area (TPSA) is 8.17 Å². The zero-order chi connectivity index (χ0) is 39.8. The number of hydrogen-bond acceptors (Lipinski definition) is 1. The van der Waals surface area contributed by atoms with E-state index in [9.17, 15) is 0 Å². The molecule has 11 aromatic rings. The number of benzene rings is 10. The molecule has 0 fully saturated rings. The van der Waals surface area contributed by atoms with Crippen molar-refractivity contribution < 1.29 is 0 Å². The van der Waals surface area contributed by atoms with Gasteiger partial charge >= 0.3 is 0 Å². The highest BCUT2D eigenvalue weighted by Gasteiger charge is 2.18. The summed E-state index contributed by atoms with van der Waals surface area (Å²) in [5.74, 6) is 0. The molecule has 282 valence electrons. The summed E-state index contributed by atoms with van der Waals surface area (Å²) >= 11 is 0. The molecule has 1 heterocycles. The molecule has 0 unspecified atom stereocenters. The van der Waals surface area contributed by atoms with E-state index in [1.165, 1.54) is 71.5 Å². The number of nitrogens with zero attached hydrogens (tertiary/aromatic N) is 2. The molecule has 1 aromatic heterocycles. The zero-order valence-electron chi connectivity index (χ0n) is 33.0. The third-order valence-corrected chi connectivity index (χ3v) is 11.8. The quantitative estimate of drug-likeness (QED) is 0.150. The van der Waals surface area contributed by atoms with E-state index in [4.69, 9.17) is 0 Å². The molecule has 0 atom stereocenters. The first-order valence-electron chi connectivity index (χ1n) is 20.6. The number of hydrogen-bond donors (Lipinski definition) is 0. The monoisotopic (exact) mass is 764 g/mol. The molecule has 0 radical (unpaired) electrons. The Morgan fingerprint density at radius 2 is 0.733 bits per heavy atom. The first kappa shape index (κ1) is 35.2. The lowest BCUT2D eigenvalue weighted by Gasteiger charge is -2.26. The van der Waals surface area contributed by atoms with Gasteiger partial charge in [0.1, 0.15) is 0 Å². The first-order valence-corrected chi connectivity index (χ1v) is 20.6. The van der Waals surface area contributed by atoms with Crippen LogP contribution >= 0.6 is 0 Å². The van der Waals surface area contributed by atoms with Crippen LogP contribution in [0.2, 0.25) is 0 Å². The van der Waals surface area contributed by atoms with E-state index in [1.54, 1.807) is 0 Å². The lowest BCUT2D eigenvalue weighted by Crippen LogP contribution is -2.09. The third kappa shape index (κ3) is 6.32. The molecule has 0 aliphatic rings. The van der Waals surface area contributed by atoms with Crippen LogP contribution in [0.25, 0.3) is 82.8 Å². The Labute approximate surface area is 350 Å². The molecule has 0 spiro atoms. The molecule has 0 bridgehead atoms. The van der Waals surface area contributed by atoms with Crippen LogP contribution in [0.1, 0.15) is 0 Å². The highest BCUT2D eigenvalue weighted by atomic mass is 15.1. The lowest BCUT2D eigenvalue weighted by molar-refractivity contribution is 1.18. The fourth-order valence-electron chi connectivity index (χ4n) is 8.89. The molecule has 0 amide bonds. The minimum Gasteiger partial charge on any atom is -0.311 e. The van der Waals surface area contributed by atoms with Gasteiger partial charge in [-0.15, -0.1) is 0 Å². The van der Waals surface area contributed by atoms with Crippen LogP contribution in [0.15, 0.2) is 243 Å². The van der Waals surface area contributed by atoms with Crippen LogP contribution in [0.4, 0.5) is 17.1 Å². The fraction of sp³-hybridized carbons (Fsp3) is 0. The van der Waals surface area contributed by atoms with Gasteiger partial charge in [0.25, 0.3) is 0 Å². The van der Waals surface area contributed by atoms with Crippen molar-refractivity contribution in [1.29, 1.82) is 0 Å². The minimum absolute atomic E-state index is 1.10. The Bertz CT molecular complexity index is 3270. The average molecular weight is 765 g/mol. The van der Waals surface area contributed by atoms with Gasteiger partial charge in [0.2, 0.25) is 0 Å². The van der Waals surface area contributed by atoms with Gasteiger partial charge in [-0.1, -0.05) is 188 Å². The fourth-order valence-corrected chi connectivity index (χ4v) is 8.89. The highest BCUT2D eigenvalue weighted by molar-refractivity contribution is 6.10. The number of aromatic nitrogens is 1. The second kappa shape index (κ2) is 15.1. The normalized spacial score (nSPS) is 11.3. The molecular formula is C58H40N2. The van der Waals surface area contributed by atoms with Gasteiger partial charge in [-0.25, -0.2) is 0 Å². The largest absolute Gasteiger partial charge is 0.311 e. The van der Waals surface area contributed by atoms with Crippen LogP contribution in [-0.2, 0) is 0 Å². The zero-order valence-corrected chi connectivity index (χ0v) is 33.0. The molecule has 10 aromatic carbocycles. The van der Waals surface area contributed by atoms with Gasteiger partial charge in [0.15, 0.2) is 0 Å². The predicted molar refractivity (Wildman–Crippen MR) is 255 cm³/mol. The van der Waals surface area contributed by atoms with E-state index >= 15 is 0 Å². The smallest absolute Gasteiger partial charge is 0.0547 e. The van der Waals surface area contributed by atoms with Crippen molar-refractivity contribution in [2.24, 2.45) is 0 Å². The molecular weight excluding hydrogens is 725 g/mol. The summed E-state index contributed by atoms with van der Waals surface area (Å²) < 4.78 is 2.44. The molecule has 2 heteroatoms. The Morgan fingerprint density at radius 3 is 1.48 bits per heavy atom. The summed E-state index contributed by atoms with van der Waals surface area (Å²) in [7, 11) is 0. The summed E-state index contributed by atoms with van der Waals surface area (Å²) in [6, 6.07) is 87.7. The van der Waals surface area contributed by atoms with Crippen molar-refractivity contribution >= 4 is 49.6 Å². The Hall–Kier alpha value is -7.94. The van der Waals surface area contributed by atoms with Crippen molar-refractivity contribution in [2.75, 3.05) is 4.90 Å². The van der Waals surface area contributed by atoms with E-state index in [1.807, 2.05) is 0 Å². The second-order valence-electron chi connectivity index (χ2n) is 15.3.